The molecule has 1 aliphatic heterocycles. The van der Waals surface area contributed by atoms with Gasteiger partial charge in [0.1, 0.15) is 5.84 Å². The van der Waals surface area contributed by atoms with E-state index in [1.54, 1.807) is 0 Å². The van der Waals surface area contributed by atoms with Gasteiger partial charge in [0.25, 0.3) is 0 Å². The van der Waals surface area contributed by atoms with Gasteiger partial charge in [-0.05, 0) is 42.5 Å². The fourth-order valence-electron chi connectivity index (χ4n) is 2.72. The molecule has 84 valence electrons. The zero-order valence-corrected chi connectivity index (χ0v) is 9.93. The molecule has 2 aliphatic rings. The van der Waals surface area contributed by atoms with E-state index in [0.717, 1.165) is 24.5 Å². The lowest BCUT2D eigenvalue weighted by Crippen LogP contribution is -2.28. The highest BCUT2D eigenvalue weighted by Crippen LogP contribution is 2.34. The predicted octanol–water partition coefficient (Wildman–Crippen LogP) is 2.76. The highest BCUT2D eigenvalue weighted by atomic mass is 35.5. The van der Waals surface area contributed by atoms with Crippen LogP contribution in [0.2, 0.25) is 5.02 Å². The summed E-state index contributed by atoms with van der Waals surface area (Å²) >= 11 is 6.04. The van der Waals surface area contributed by atoms with Gasteiger partial charge in [-0.15, -0.1) is 0 Å². The first-order valence-electron chi connectivity index (χ1n) is 5.91. The standard InChI is InChI=1S/C13H15ClN2/c14-10-4-5-11-9(8-10)2-1-3-12(11)13-15-6-7-16-13/h4-5,8,12H,1-3,6-7H2,(H,15,16). The van der Waals surface area contributed by atoms with Crippen LogP contribution in [0.5, 0.6) is 0 Å². The summed E-state index contributed by atoms with van der Waals surface area (Å²) in [5.41, 5.74) is 2.82. The van der Waals surface area contributed by atoms with E-state index in [2.05, 4.69) is 22.4 Å². The Morgan fingerprint density at radius 2 is 2.31 bits per heavy atom. The molecule has 16 heavy (non-hydrogen) atoms. The zero-order chi connectivity index (χ0) is 11.0. The second-order valence-corrected chi connectivity index (χ2v) is 4.92. The van der Waals surface area contributed by atoms with Crippen molar-refractivity contribution in [3.05, 3.63) is 34.3 Å². The Morgan fingerprint density at radius 1 is 1.38 bits per heavy atom. The number of hydrogen-bond donors (Lipinski definition) is 1. The minimum absolute atomic E-state index is 0.475. The fourth-order valence-corrected chi connectivity index (χ4v) is 2.91. The van der Waals surface area contributed by atoms with Crippen LogP contribution in [0, 0.1) is 0 Å². The minimum Gasteiger partial charge on any atom is -0.371 e. The predicted molar refractivity (Wildman–Crippen MR) is 67.4 cm³/mol. The van der Waals surface area contributed by atoms with E-state index in [1.807, 2.05) is 6.07 Å². The van der Waals surface area contributed by atoms with Gasteiger partial charge in [0, 0.05) is 17.5 Å². The highest BCUT2D eigenvalue weighted by molar-refractivity contribution is 6.30. The quantitative estimate of drug-likeness (QED) is 0.794. The number of benzene rings is 1. The molecular weight excluding hydrogens is 220 g/mol. The van der Waals surface area contributed by atoms with E-state index in [-0.39, 0.29) is 0 Å². The number of rotatable bonds is 1. The second kappa shape index (κ2) is 4.10. The summed E-state index contributed by atoms with van der Waals surface area (Å²) < 4.78 is 0. The molecule has 1 unspecified atom stereocenters. The van der Waals surface area contributed by atoms with Gasteiger partial charge < -0.3 is 5.32 Å². The van der Waals surface area contributed by atoms with Crippen LogP contribution in [0.1, 0.15) is 29.9 Å². The number of nitrogens with one attached hydrogen (secondary N) is 1. The molecule has 1 aromatic rings. The van der Waals surface area contributed by atoms with Gasteiger partial charge in [-0.25, -0.2) is 0 Å². The monoisotopic (exact) mass is 234 g/mol. The highest BCUT2D eigenvalue weighted by Gasteiger charge is 2.25. The average molecular weight is 235 g/mol. The maximum atomic E-state index is 6.04. The number of aryl methyl sites for hydroxylation is 1. The number of halogens is 1. The van der Waals surface area contributed by atoms with Crippen molar-refractivity contribution in [3.8, 4) is 0 Å². The summed E-state index contributed by atoms with van der Waals surface area (Å²) in [6.45, 7) is 1.92. The van der Waals surface area contributed by atoms with Crippen LogP contribution >= 0.6 is 11.6 Å². The van der Waals surface area contributed by atoms with Crippen molar-refractivity contribution in [1.82, 2.24) is 5.32 Å². The van der Waals surface area contributed by atoms with E-state index in [0.29, 0.717) is 5.92 Å². The van der Waals surface area contributed by atoms with E-state index in [4.69, 9.17) is 11.6 Å². The average Bonchev–Trinajstić information content (AvgIpc) is 2.81. The normalized spacial score (nSPS) is 23.6. The van der Waals surface area contributed by atoms with Crippen molar-refractivity contribution in [2.45, 2.75) is 25.2 Å². The Balaban J connectivity index is 1.99. The Hall–Kier alpha value is -1.02. The lowest BCUT2D eigenvalue weighted by atomic mass is 9.82. The molecule has 0 aromatic heterocycles. The maximum absolute atomic E-state index is 6.04. The first-order chi connectivity index (χ1) is 7.84. The largest absolute Gasteiger partial charge is 0.371 e. The second-order valence-electron chi connectivity index (χ2n) is 4.48. The Kier molecular flexibility index (Phi) is 2.60. The molecule has 1 N–H and O–H groups in total. The van der Waals surface area contributed by atoms with Gasteiger partial charge in [0.15, 0.2) is 0 Å². The third kappa shape index (κ3) is 1.71. The van der Waals surface area contributed by atoms with Crippen LogP contribution in [0.25, 0.3) is 0 Å². The molecule has 0 bridgehead atoms. The zero-order valence-electron chi connectivity index (χ0n) is 9.17. The molecule has 0 amide bonds. The van der Waals surface area contributed by atoms with E-state index in [1.165, 1.54) is 29.8 Å². The summed E-state index contributed by atoms with van der Waals surface area (Å²) in [6, 6.07) is 6.27. The van der Waals surface area contributed by atoms with Gasteiger partial charge in [0.05, 0.1) is 6.54 Å². The fraction of sp³-hybridized carbons (Fsp3) is 0.462. The van der Waals surface area contributed by atoms with Crippen LogP contribution in [0.3, 0.4) is 0 Å². The van der Waals surface area contributed by atoms with E-state index in [9.17, 15) is 0 Å². The third-order valence-electron chi connectivity index (χ3n) is 3.45. The van der Waals surface area contributed by atoms with Crippen LogP contribution < -0.4 is 5.32 Å². The summed E-state index contributed by atoms with van der Waals surface area (Å²) in [5.74, 6) is 1.66. The van der Waals surface area contributed by atoms with Gasteiger partial charge in [-0.1, -0.05) is 17.7 Å². The summed E-state index contributed by atoms with van der Waals surface area (Å²) in [6.07, 6.45) is 3.60. The van der Waals surface area contributed by atoms with Crippen LogP contribution in [-0.2, 0) is 6.42 Å². The number of nitrogens with zero attached hydrogens (tertiary/aromatic N) is 1. The summed E-state index contributed by atoms with van der Waals surface area (Å²) in [5, 5.41) is 4.25. The lowest BCUT2D eigenvalue weighted by molar-refractivity contribution is 0.641. The van der Waals surface area contributed by atoms with E-state index >= 15 is 0 Å². The molecule has 0 spiro atoms. The SMILES string of the molecule is Clc1ccc2c(c1)CCCC2C1=NCCN1. The van der Waals surface area contributed by atoms with Crippen LogP contribution in [0.15, 0.2) is 23.2 Å². The molecule has 1 heterocycles. The Morgan fingerprint density at radius 3 is 3.12 bits per heavy atom. The molecule has 0 radical (unpaired) electrons. The number of hydrogen-bond acceptors (Lipinski definition) is 2. The first-order valence-corrected chi connectivity index (χ1v) is 6.29. The summed E-state index contributed by atoms with van der Waals surface area (Å²) in [7, 11) is 0. The molecule has 3 heteroatoms. The number of aliphatic imine (C=N–C) groups is 1. The van der Waals surface area contributed by atoms with Crippen molar-refractivity contribution in [2.75, 3.05) is 13.1 Å². The smallest absolute Gasteiger partial charge is 0.104 e. The molecule has 0 saturated carbocycles. The third-order valence-corrected chi connectivity index (χ3v) is 3.68. The van der Waals surface area contributed by atoms with Crippen molar-refractivity contribution in [3.63, 3.8) is 0 Å². The van der Waals surface area contributed by atoms with E-state index < -0.39 is 0 Å². The number of amidine groups is 1. The number of fused-ring (bicyclic) bond motifs is 1. The van der Waals surface area contributed by atoms with Crippen molar-refractivity contribution < 1.29 is 0 Å². The maximum Gasteiger partial charge on any atom is 0.104 e. The van der Waals surface area contributed by atoms with Gasteiger partial charge in [-0.3, -0.25) is 4.99 Å². The Labute approximate surface area is 101 Å². The molecule has 1 atom stereocenters. The Bertz CT molecular complexity index is 440. The summed E-state index contributed by atoms with van der Waals surface area (Å²) in [4.78, 5) is 4.55. The van der Waals surface area contributed by atoms with Gasteiger partial charge in [-0.2, -0.15) is 0 Å². The van der Waals surface area contributed by atoms with Gasteiger partial charge in [0.2, 0.25) is 0 Å². The van der Waals surface area contributed by atoms with Crippen molar-refractivity contribution >= 4 is 17.4 Å². The first kappa shape index (κ1) is 10.2. The van der Waals surface area contributed by atoms with Crippen molar-refractivity contribution in [2.24, 2.45) is 4.99 Å². The molecule has 0 fully saturated rings. The lowest BCUT2D eigenvalue weighted by Gasteiger charge is -2.25. The minimum atomic E-state index is 0.475. The van der Waals surface area contributed by atoms with Crippen molar-refractivity contribution in [1.29, 1.82) is 0 Å². The molecule has 1 aromatic carbocycles. The van der Waals surface area contributed by atoms with Crippen LogP contribution in [0.4, 0.5) is 0 Å². The molecule has 2 nitrogen and oxygen atoms in total. The molecule has 1 aliphatic carbocycles. The molecule has 0 saturated heterocycles. The molecular formula is C13H15ClN2. The molecule has 3 rings (SSSR count). The van der Waals surface area contributed by atoms with Crippen LogP contribution in [-0.4, -0.2) is 18.9 Å². The van der Waals surface area contributed by atoms with Gasteiger partial charge >= 0.3 is 0 Å². The topological polar surface area (TPSA) is 24.4 Å².